The highest BCUT2D eigenvalue weighted by Crippen LogP contribution is 2.59. The van der Waals surface area contributed by atoms with Crippen molar-refractivity contribution in [2.24, 2.45) is 11.8 Å². The van der Waals surface area contributed by atoms with Crippen molar-refractivity contribution < 1.29 is 74.1 Å². The summed E-state index contributed by atoms with van der Waals surface area (Å²) in [6.07, 6.45) is -14.0. The van der Waals surface area contributed by atoms with Crippen molar-refractivity contribution in [2.45, 2.75) is 66.6 Å². The first-order valence-electron chi connectivity index (χ1n) is 14.4. The first-order chi connectivity index (χ1) is 21.5. The van der Waals surface area contributed by atoms with Crippen LogP contribution in [-0.2, 0) is 33.3 Å². The number of rotatable bonds is 3. The Labute approximate surface area is 255 Å². The van der Waals surface area contributed by atoms with Crippen LogP contribution in [0, 0.1) is 11.8 Å². The molecule has 8 N–H and O–H groups in total. The molecular weight excluding hydrogens is 600 g/mol. The van der Waals surface area contributed by atoms with Gasteiger partial charge in [-0.25, -0.2) is 0 Å². The van der Waals surface area contributed by atoms with Crippen LogP contribution in [0.2, 0.25) is 0 Å². The molecule has 15 nitrogen and oxygen atoms in total. The Morgan fingerprint density at radius 2 is 1.11 bits per heavy atom. The predicted octanol–water partition coefficient (Wildman–Crippen LogP) is -2.06. The normalized spacial score (nSPS) is 41.9. The lowest BCUT2D eigenvalue weighted by Crippen LogP contribution is -2.63. The van der Waals surface area contributed by atoms with Crippen molar-refractivity contribution in [3.05, 3.63) is 59.7 Å². The summed E-state index contributed by atoms with van der Waals surface area (Å²) in [6.45, 7) is -2.39. The standard InChI is InChI=1S/C30H34O15/c31-11-30-26(38)23(35)17(44-30)10-42-28(40)21-19(13-3-7-15(33)8-4-13)18(12-1-5-14(32)6-2-12)20(21)27(39)41-9-16-22(34)24(36)25(37)29(43-16)45-30/h1-8,16-26,29,31-38H,9-11H2/t16-,17-,18-,19+,20+,21-,22-,23-,24-,25-,26+,29-,30+/m1/s1. The van der Waals surface area contributed by atoms with Gasteiger partial charge in [0.25, 0.3) is 0 Å². The highest BCUT2D eigenvalue weighted by molar-refractivity contribution is 5.87. The fourth-order valence-corrected chi connectivity index (χ4v) is 6.68. The van der Waals surface area contributed by atoms with Gasteiger partial charge in [0.1, 0.15) is 74.0 Å². The molecule has 4 bridgehead atoms. The Hall–Kier alpha value is -3.38. The molecule has 2 aromatic carbocycles. The molecule has 0 radical (unpaired) electrons. The number of fused-ring (bicyclic) bond motifs is 5. The molecule has 0 unspecified atom stereocenters. The van der Waals surface area contributed by atoms with Gasteiger partial charge in [0.2, 0.25) is 5.79 Å². The monoisotopic (exact) mass is 634 g/mol. The Morgan fingerprint density at radius 1 is 0.622 bits per heavy atom. The van der Waals surface area contributed by atoms with Gasteiger partial charge < -0.3 is 64.5 Å². The van der Waals surface area contributed by atoms with Crippen LogP contribution in [0.15, 0.2) is 48.5 Å². The van der Waals surface area contributed by atoms with Crippen LogP contribution in [0.25, 0.3) is 0 Å². The molecule has 0 amide bonds. The predicted molar refractivity (Wildman–Crippen MR) is 145 cm³/mol. The highest BCUT2D eigenvalue weighted by atomic mass is 16.8. The van der Waals surface area contributed by atoms with Crippen LogP contribution in [-0.4, -0.2) is 127 Å². The summed E-state index contributed by atoms with van der Waals surface area (Å²) in [5.74, 6) is -7.97. The van der Waals surface area contributed by atoms with Gasteiger partial charge in [0.15, 0.2) is 6.29 Å². The zero-order valence-electron chi connectivity index (χ0n) is 23.6. The Morgan fingerprint density at radius 3 is 1.60 bits per heavy atom. The smallest absolute Gasteiger partial charge is 0.310 e. The number of cyclic esters (lactones) is 2. The average molecular weight is 635 g/mol. The summed E-state index contributed by atoms with van der Waals surface area (Å²) < 4.78 is 27.9. The van der Waals surface area contributed by atoms with E-state index in [0.29, 0.717) is 11.1 Å². The molecule has 3 saturated heterocycles. The number of phenols is 2. The maximum atomic E-state index is 13.7. The fraction of sp³-hybridized carbons (Fsp3) is 0.533. The highest BCUT2D eigenvalue weighted by Gasteiger charge is 2.62. The molecule has 3 aliphatic heterocycles. The van der Waals surface area contributed by atoms with Crippen molar-refractivity contribution in [1.82, 2.24) is 0 Å². The van der Waals surface area contributed by atoms with Crippen molar-refractivity contribution in [3.63, 3.8) is 0 Å². The van der Waals surface area contributed by atoms with E-state index in [2.05, 4.69) is 0 Å². The Bertz CT molecular complexity index is 1320. The molecular formula is C30H34O15. The third-order valence-electron chi connectivity index (χ3n) is 9.14. The molecule has 6 rings (SSSR count). The first-order valence-corrected chi connectivity index (χ1v) is 14.4. The molecule has 1 saturated carbocycles. The van der Waals surface area contributed by atoms with E-state index in [-0.39, 0.29) is 11.5 Å². The summed E-state index contributed by atoms with van der Waals surface area (Å²) >= 11 is 0. The number of hydrogen-bond acceptors (Lipinski definition) is 15. The Kier molecular flexibility index (Phi) is 8.49. The van der Waals surface area contributed by atoms with E-state index in [1.807, 2.05) is 0 Å². The summed E-state index contributed by atoms with van der Waals surface area (Å²) in [6, 6.07) is 12.0. The van der Waals surface area contributed by atoms with Gasteiger partial charge in [-0.3, -0.25) is 9.59 Å². The minimum Gasteiger partial charge on any atom is -0.508 e. The van der Waals surface area contributed by atoms with E-state index < -0.39 is 110 Å². The van der Waals surface area contributed by atoms with E-state index in [0.717, 1.165) is 0 Å². The van der Waals surface area contributed by atoms with Crippen LogP contribution in [0.4, 0.5) is 0 Å². The molecule has 244 valence electrons. The van der Waals surface area contributed by atoms with Crippen LogP contribution in [0.5, 0.6) is 11.5 Å². The second-order valence-electron chi connectivity index (χ2n) is 11.7. The van der Waals surface area contributed by atoms with Gasteiger partial charge in [0, 0.05) is 11.8 Å². The molecule has 15 heteroatoms. The number of esters is 2. The SMILES string of the molecule is O=C1OC[C@H]2O[C@H](O[C@]3(CO)O[C@H](COC(=O)[C@H]4[C@@H]1[C@H](c1ccc(O)cc1)[C@@H]4c1ccc(O)cc1)[C@@H](O)[C@@H]3O)[C@H](O)[C@H](O)[C@@H]2O. The minimum atomic E-state index is -2.40. The molecule has 0 spiro atoms. The quantitative estimate of drug-likeness (QED) is 0.169. The van der Waals surface area contributed by atoms with E-state index >= 15 is 0 Å². The summed E-state index contributed by atoms with van der Waals surface area (Å²) in [5.41, 5.74) is 1.14. The van der Waals surface area contributed by atoms with Gasteiger partial charge >= 0.3 is 11.9 Å². The van der Waals surface area contributed by atoms with Gasteiger partial charge in [0.05, 0.1) is 11.8 Å². The van der Waals surface area contributed by atoms with Gasteiger partial charge in [-0.05, 0) is 35.4 Å². The molecule has 1 aliphatic carbocycles. The lowest BCUT2D eigenvalue weighted by Gasteiger charge is -2.50. The third-order valence-corrected chi connectivity index (χ3v) is 9.14. The number of ether oxygens (including phenoxy) is 5. The van der Waals surface area contributed by atoms with Crippen LogP contribution in [0.3, 0.4) is 0 Å². The average Bonchev–Trinajstić information content (AvgIpc) is 3.25. The maximum Gasteiger partial charge on any atom is 0.310 e. The number of aliphatic hydroxyl groups is 6. The van der Waals surface area contributed by atoms with Crippen molar-refractivity contribution in [3.8, 4) is 11.5 Å². The second-order valence-corrected chi connectivity index (χ2v) is 11.7. The van der Waals surface area contributed by atoms with E-state index in [4.69, 9.17) is 23.7 Å². The molecule has 4 aliphatic rings. The molecule has 0 aromatic heterocycles. The van der Waals surface area contributed by atoms with Crippen molar-refractivity contribution >= 4 is 11.9 Å². The first kappa shape index (κ1) is 31.6. The number of aliphatic hydroxyl groups excluding tert-OH is 6. The topological polar surface area (TPSA) is 242 Å². The second kappa shape index (κ2) is 12.1. The minimum absolute atomic E-state index is 0.0305. The summed E-state index contributed by atoms with van der Waals surface area (Å²) in [5, 5.41) is 83.1. The Balaban J connectivity index is 1.40. The van der Waals surface area contributed by atoms with E-state index in [1.165, 1.54) is 24.3 Å². The number of benzene rings is 2. The van der Waals surface area contributed by atoms with Gasteiger partial charge in [-0.1, -0.05) is 24.3 Å². The largest absolute Gasteiger partial charge is 0.508 e. The number of phenolic OH excluding ortho intramolecular Hbond substituents is 2. The maximum absolute atomic E-state index is 13.7. The lowest BCUT2D eigenvalue weighted by atomic mass is 9.52. The van der Waals surface area contributed by atoms with Crippen LogP contribution in [0.1, 0.15) is 23.0 Å². The zero-order chi connectivity index (χ0) is 32.2. The third kappa shape index (κ3) is 5.43. The van der Waals surface area contributed by atoms with Gasteiger partial charge in [-0.15, -0.1) is 0 Å². The number of hydrogen-bond donors (Lipinski definition) is 8. The molecule has 4 fully saturated rings. The molecule has 3 heterocycles. The molecule has 2 aromatic rings. The number of aromatic hydroxyl groups is 2. The summed E-state index contributed by atoms with van der Waals surface area (Å²) in [7, 11) is 0. The van der Waals surface area contributed by atoms with E-state index in [1.54, 1.807) is 24.3 Å². The van der Waals surface area contributed by atoms with Crippen molar-refractivity contribution in [1.29, 1.82) is 0 Å². The summed E-state index contributed by atoms with van der Waals surface area (Å²) in [4.78, 5) is 27.5. The van der Waals surface area contributed by atoms with Crippen LogP contribution >= 0.6 is 0 Å². The lowest BCUT2D eigenvalue weighted by molar-refractivity contribution is -0.383. The van der Waals surface area contributed by atoms with Gasteiger partial charge in [-0.2, -0.15) is 0 Å². The fourth-order valence-electron chi connectivity index (χ4n) is 6.68. The van der Waals surface area contributed by atoms with Crippen molar-refractivity contribution in [2.75, 3.05) is 19.8 Å². The molecule has 45 heavy (non-hydrogen) atoms. The van der Waals surface area contributed by atoms with E-state index in [9.17, 15) is 50.4 Å². The number of carbonyl (C=O) groups excluding carboxylic acids is 2. The molecule has 13 atom stereocenters. The van der Waals surface area contributed by atoms with Crippen LogP contribution < -0.4 is 0 Å². The number of carbonyl (C=O) groups is 2. The zero-order valence-corrected chi connectivity index (χ0v) is 23.6.